The highest BCUT2D eigenvalue weighted by atomic mass is 32.1. The van der Waals surface area contributed by atoms with Crippen molar-refractivity contribution in [2.45, 2.75) is 26.9 Å². The van der Waals surface area contributed by atoms with Crippen molar-refractivity contribution in [2.24, 2.45) is 0 Å². The van der Waals surface area contributed by atoms with Crippen LogP contribution in [0.15, 0.2) is 36.5 Å². The molecule has 1 aliphatic rings. The van der Waals surface area contributed by atoms with Crippen LogP contribution in [0.3, 0.4) is 0 Å². The summed E-state index contributed by atoms with van der Waals surface area (Å²) < 4.78 is 6.01. The first-order chi connectivity index (χ1) is 15.5. The molecule has 0 spiro atoms. The van der Waals surface area contributed by atoms with Crippen LogP contribution in [0.5, 0.6) is 0 Å². The van der Waals surface area contributed by atoms with Gasteiger partial charge in [0.15, 0.2) is 10.8 Å². The molecule has 164 valence electrons. The molecule has 5 rings (SSSR count). The van der Waals surface area contributed by atoms with Crippen molar-refractivity contribution in [1.82, 2.24) is 25.1 Å². The van der Waals surface area contributed by atoms with Crippen molar-refractivity contribution in [3.8, 4) is 0 Å². The number of pyridine rings is 1. The Bertz CT molecular complexity index is 1300. The number of anilines is 2. The molecule has 1 saturated heterocycles. The Labute approximate surface area is 189 Å². The van der Waals surface area contributed by atoms with Crippen LogP contribution in [0, 0.1) is 20.8 Å². The van der Waals surface area contributed by atoms with Gasteiger partial charge in [0.25, 0.3) is 5.91 Å². The van der Waals surface area contributed by atoms with Crippen LogP contribution in [-0.4, -0.2) is 50.7 Å². The summed E-state index contributed by atoms with van der Waals surface area (Å²) >= 11 is 1.60. The van der Waals surface area contributed by atoms with E-state index in [1.807, 2.05) is 57.3 Å². The predicted molar refractivity (Wildman–Crippen MR) is 125 cm³/mol. The lowest BCUT2D eigenvalue weighted by atomic mass is 10.1. The number of carbonyl (C=O) groups is 1. The highest BCUT2D eigenvalue weighted by Gasteiger charge is 2.29. The van der Waals surface area contributed by atoms with E-state index < -0.39 is 0 Å². The van der Waals surface area contributed by atoms with E-state index in [1.54, 1.807) is 16.2 Å². The molecule has 2 N–H and O–H groups in total. The van der Waals surface area contributed by atoms with E-state index in [0.29, 0.717) is 25.4 Å². The zero-order valence-corrected chi connectivity index (χ0v) is 19.0. The van der Waals surface area contributed by atoms with Crippen LogP contribution in [-0.2, 0) is 4.74 Å². The lowest BCUT2D eigenvalue weighted by Crippen LogP contribution is -2.42. The number of nitrogens with zero attached hydrogens (tertiary/aromatic N) is 4. The van der Waals surface area contributed by atoms with E-state index in [1.165, 1.54) is 0 Å². The quantitative estimate of drug-likeness (QED) is 0.483. The number of aromatic nitrogens is 4. The Morgan fingerprint density at radius 2 is 2.12 bits per heavy atom. The number of amides is 1. The highest BCUT2D eigenvalue weighted by molar-refractivity contribution is 7.15. The summed E-state index contributed by atoms with van der Waals surface area (Å²) in [4.78, 5) is 25.3. The van der Waals surface area contributed by atoms with Crippen molar-refractivity contribution < 1.29 is 9.53 Å². The molecule has 0 saturated carbocycles. The zero-order valence-electron chi connectivity index (χ0n) is 18.2. The van der Waals surface area contributed by atoms with Crippen LogP contribution >= 0.6 is 11.3 Å². The fourth-order valence-electron chi connectivity index (χ4n) is 3.92. The van der Waals surface area contributed by atoms with Gasteiger partial charge in [0.1, 0.15) is 6.10 Å². The molecule has 1 aliphatic heterocycles. The minimum absolute atomic E-state index is 0.0978. The first-order valence-corrected chi connectivity index (χ1v) is 11.3. The number of carbonyl (C=O) groups excluding carboxylic acids is 1. The molecule has 0 unspecified atom stereocenters. The molecule has 4 heterocycles. The first-order valence-electron chi connectivity index (χ1n) is 10.5. The fraction of sp³-hybridized carbons (Fsp3) is 0.304. The number of aryl methyl sites for hydroxylation is 3. The molecule has 0 aliphatic carbocycles. The highest BCUT2D eigenvalue weighted by Crippen LogP contribution is 2.28. The number of thiazole rings is 1. The molecular formula is C23H24N6O2S. The Morgan fingerprint density at radius 1 is 1.25 bits per heavy atom. The van der Waals surface area contributed by atoms with Crippen molar-refractivity contribution in [3.05, 3.63) is 64.1 Å². The molecular weight excluding hydrogens is 424 g/mol. The van der Waals surface area contributed by atoms with Gasteiger partial charge in [0.05, 0.1) is 24.4 Å². The third-order valence-electron chi connectivity index (χ3n) is 5.45. The number of aromatic amines is 1. The molecule has 9 heteroatoms. The van der Waals surface area contributed by atoms with Crippen molar-refractivity contribution in [3.63, 3.8) is 0 Å². The topological polar surface area (TPSA) is 96.0 Å². The number of benzene rings is 1. The number of hydrogen-bond donors (Lipinski definition) is 2. The second kappa shape index (κ2) is 8.33. The molecule has 0 radical (unpaired) electrons. The summed E-state index contributed by atoms with van der Waals surface area (Å²) in [7, 11) is 0. The van der Waals surface area contributed by atoms with Gasteiger partial charge >= 0.3 is 0 Å². The molecule has 1 amide bonds. The van der Waals surface area contributed by atoms with Gasteiger partial charge in [-0.3, -0.25) is 14.9 Å². The fourth-order valence-corrected chi connectivity index (χ4v) is 4.61. The van der Waals surface area contributed by atoms with Gasteiger partial charge in [-0.25, -0.2) is 4.98 Å². The molecule has 1 atom stereocenters. The summed E-state index contributed by atoms with van der Waals surface area (Å²) in [6, 6.07) is 9.89. The van der Waals surface area contributed by atoms with Crippen LogP contribution in [0.25, 0.3) is 10.9 Å². The van der Waals surface area contributed by atoms with Gasteiger partial charge in [-0.15, -0.1) is 11.3 Å². The SMILES string of the molecule is Cc1ccc2[nH]nc(C(=O)N3CCO[C@H](c4cc(Nc5ncc(C)s5)cc(C)n4)C3)c2c1. The predicted octanol–water partition coefficient (Wildman–Crippen LogP) is 4.30. The van der Waals surface area contributed by atoms with Gasteiger partial charge in [-0.05, 0) is 45.0 Å². The molecule has 3 aromatic heterocycles. The number of nitrogens with one attached hydrogen (secondary N) is 2. The van der Waals surface area contributed by atoms with Gasteiger partial charge in [0.2, 0.25) is 0 Å². The van der Waals surface area contributed by atoms with E-state index in [-0.39, 0.29) is 12.0 Å². The smallest absolute Gasteiger partial charge is 0.275 e. The first kappa shape index (κ1) is 20.6. The van der Waals surface area contributed by atoms with Gasteiger partial charge in [0, 0.05) is 34.4 Å². The molecule has 4 aromatic rings. The zero-order chi connectivity index (χ0) is 22.2. The average molecular weight is 449 g/mol. The number of fused-ring (bicyclic) bond motifs is 1. The maximum absolute atomic E-state index is 13.3. The van der Waals surface area contributed by atoms with Gasteiger partial charge < -0.3 is 15.0 Å². The van der Waals surface area contributed by atoms with Crippen molar-refractivity contribution in [2.75, 3.05) is 25.0 Å². The monoisotopic (exact) mass is 448 g/mol. The lowest BCUT2D eigenvalue weighted by molar-refractivity contribution is -0.0248. The third-order valence-corrected chi connectivity index (χ3v) is 6.28. The van der Waals surface area contributed by atoms with E-state index in [4.69, 9.17) is 4.74 Å². The van der Waals surface area contributed by atoms with E-state index >= 15 is 0 Å². The number of rotatable bonds is 4. The minimum Gasteiger partial charge on any atom is -0.368 e. The molecule has 0 bridgehead atoms. The number of morpholine rings is 1. The van der Waals surface area contributed by atoms with Gasteiger partial charge in [-0.1, -0.05) is 11.6 Å². The van der Waals surface area contributed by atoms with E-state index in [0.717, 1.165) is 43.6 Å². The normalized spacial score (nSPS) is 16.5. The Morgan fingerprint density at radius 3 is 2.94 bits per heavy atom. The number of H-pyrrole nitrogens is 1. The molecule has 32 heavy (non-hydrogen) atoms. The Kier molecular flexibility index (Phi) is 5.36. The maximum Gasteiger partial charge on any atom is 0.275 e. The van der Waals surface area contributed by atoms with Crippen LogP contribution in [0.1, 0.15) is 38.4 Å². The maximum atomic E-state index is 13.3. The Balaban J connectivity index is 1.37. The summed E-state index contributed by atoms with van der Waals surface area (Å²) in [5, 5.41) is 12.3. The van der Waals surface area contributed by atoms with Gasteiger partial charge in [-0.2, -0.15) is 5.10 Å². The third kappa shape index (κ3) is 4.09. The van der Waals surface area contributed by atoms with Crippen LogP contribution < -0.4 is 5.32 Å². The molecule has 1 aromatic carbocycles. The summed E-state index contributed by atoms with van der Waals surface area (Å²) in [6.07, 6.45) is 1.54. The standard InChI is InChI=1S/C23H24N6O2S/c1-13-4-5-18-17(8-13)21(28-27-18)22(30)29-6-7-31-20(12-29)19-10-16(9-14(2)25-19)26-23-24-11-15(3)32-23/h4-5,8-11,20H,6-7,12H2,1-3H3,(H,27,28)(H,24,25,26)/t20-/m0/s1. The van der Waals surface area contributed by atoms with Crippen LogP contribution in [0.2, 0.25) is 0 Å². The number of hydrogen-bond acceptors (Lipinski definition) is 7. The van der Waals surface area contributed by atoms with Crippen LogP contribution in [0.4, 0.5) is 10.8 Å². The second-order valence-corrected chi connectivity index (χ2v) is 9.29. The molecule has 1 fully saturated rings. The number of ether oxygens (including phenoxy) is 1. The summed E-state index contributed by atoms with van der Waals surface area (Å²) in [5.74, 6) is -0.0978. The molecule has 8 nitrogen and oxygen atoms in total. The summed E-state index contributed by atoms with van der Waals surface area (Å²) in [5.41, 5.74) is 4.97. The average Bonchev–Trinajstić information content (AvgIpc) is 3.38. The lowest BCUT2D eigenvalue weighted by Gasteiger charge is -2.32. The Hall–Kier alpha value is -3.30. The second-order valence-electron chi connectivity index (χ2n) is 8.05. The minimum atomic E-state index is -0.307. The van der Waals surface area contributed by atoms with E-state index in [9.17, 15) is 4.79 Å². The largest absolute Gasteiger partial charge is 0.368 e. The summed E-state index contributed by atoms with van der Waals surface area (Å²) in [6.45, 7) is 7.37. The van der Waals surface area contributed by atoms with Crippen molar-refractivity contribution in [1.29, 1.82) is 0 Å². The van der Waals surface area contributed by atoms with Crippen molar-refractivity contribution >= 4 is 39.0 Å². The van der Waals surface area contributed by atoms with E-state index in [2.05, 4.69) is 25.5 Å².